The van der Waals surface area contributed by atoms with Gasteiger partial charge in [0.05, 0.1) is 0 Å². The van der Waals surface area contributed by atoms with E-state index in [-0.39, 0.29) is 0 Å². The van der Waals surface area contributed by atoms with Gasteiger partial charge in [0.1, 0.15) is 0 Å². The van der Waals surface area contributed by atoms with Crippen LogP contribution in [0.2, 0.25) is 0 Å². The summed E-state index contributed by atoms with van der Waals surface area (Å²) in [6.07, 6.45) is 16.3. The van der Waals surface area contributed by atoms with Crippen molar-refractivity contribution in [2.75, 3.05) is 20.1 Å². The zero-order valence-corrected chi connectivity index (χ0v) is 12.0. The first-order valence-corrected chi connectivity index (χ1v) is 7.38. The van der Waals surface area contributed by atoms with Crippen molar-refractivity contribution in [2.24, 2.45) is 5.73 Å². The van der Waals surface area contributed by atoms with Crippen LogP contribution in [0.15, 0.2) is 12.3 Å². The molecule has 0 aromatic heterocycles. The average Bonchev–Trinajstić information content (AvgIpc) is 2.33. The molecule has 0 saturated carbocycles. The Kier molecular flexibility index (Phi) is 13.2. The fourth-order valence-electron chi connectivity index (χ4n) is 1.88. The number of nitrogens with zero attached hydrogens (tertiary/aromatic N) is 1. The van der Waals surface area contributed by atoms with E-state index in [0.29, 0.717) is 0 Å². The molecule has 0 unspecified atom stereocenters. The molecule has 0 heterocycles. The van der Waals surface area contributed by atoms with Crippen molar-refractivity contribution in [3.8, 4) is 0 Å². The van der Waals surface area contributed by atoms with Crippen LogP contribution in [0.5, 0.6) is 0 Å². The molecule has 0 amide bonds. The minimum absolute atomic E-state index is 0.841. The predicted molar refractivity (Wildman–Crippen MR) is 78.1 cm³/mol. The lowest BCUT2D eigenvalue weighted by Crippen LogP contribution is -2.12. The minimum atomic E-state index is 0.841. The summed E-state index contributed by atoms with van der Waals surface area (Å²) in [6.45, 7) is 4.28. The Morgan fingerprint density at radius 2 is 1.65 bits per heavy atom. The molecule has 0 aromatic rings. The van der Waals surface area contributed by atoms with Crippen LogP contribution in [0.1, 0.15) is 64.7 Å². The highest BCUT2D eigenvalue weighted by Crippen LogP contribution is 2.04. The van der Waals surface area contributed by atoms with Gasteiger partial charge >= 0.3 is 0 Å². The van der Waals surface area contributed by atoms with E-state index in [2.05, 4.69) is 31.1 Å². The SMILES string of the molecule is CCCCCC/C=C\N(C)CCCCCCN. The van der Waals surface area contributed by atoms with Gasteiger partial charge < -0.3 is 10.6 Å². The second kappa shape index (κ2) is 13.6. The topological polar surface area (TPSA) is 29.3 Å². The Morgan fingerprint density at radius 3 is 2.35 bits per heavy atom. The van der Waals surface area contributed by atoms with Crippen LogP contribution in [0.25, 0.3) is 0 Å². The molecule has 17 heavy (non-hydrogen) atoms. The van der Waals surface area contributed by atoms with Crippen molar-refractivity contribution in [3.05, 3.63) is 12.3 Å². The zero-order chi connectivity index (χ0) is 12.8. The third-order valence-electron chi connectivity index (χ3n) is 3.05. The molecule has 0 rings (SSSR count). The van der Waals surface area contributed by atoms with E-state index in [4.69, 9.17) is 5.73 Å². The third-order valence-corrected chi connectivity index (χ3v) is 3.05. The van der Waals surface area contributed by atoms with E-state index >= 15 is 0 Å². The molecular weight excluding hydrogens is 208 g/mol. The van der Waals surface area contributed by atoms with Gasteiger partial charge in [-0.2, -0.15) is 0 Å². The monoisotopic (exact) mass is 240 g/mol. The second-order valence-electron chi connectivity index (χ2n) is 4.92. The molecule has 0 radical (unpaired) electrons. The first kappa shape index (κ1) is 16.5. The molecule has 0 bridgehead atoms. The van der Waals surface area contributed by atoms with E-state index in [1.807, 2.05) is 0 Å². The maximum Gasteiger partial charge on any atom is 0.0169 e. The van der Waals surface area contributed by atoms with Crippen LogP contribution in [-0.4, -0.2) is 25.0 Å². The summed E-state index contributed by atoms with van der Waals surface area (Å²) in [5, 5.41) is 0. The first-order chi connectivity index (χ1) is 8.31. The molecular formula is C15H32N2. The number of allylic oxidation sites excluding steroid dienone is 1. The molecule has 0 atom stereocenters. The number of hydrogen-bond donors (Lipinski definition) is 1. The first-order valence-electron chi connectivity index (χ1n) is 7.38. The van der Waals surface area contributed by atoms with E-state index in [9.17, 15) is 0 Å². The molecule has 2 nitrogen and oxygen atoms in total. The molecule has 0 aliphatic rings. The van der Waals surface area contributed by atoms with E-state index in [0.717, 1.165) is 6.54 Å². The molecule has 0 saturated heterocycles. The summed E-state index contributed by atoms with van der Waals surface area (Å²) < 4.78 is 0. The van der Waals surface area contributed by atoms with Gasteiger partial charge in [-0.25, -0.2) is 0 Å². The van der Waals surface area contributed by atoms with Crippen molar-refractivity contribution >= 4 is 0 Å². The Bertz CT molecular complexity index is 166. The standard InChI is InChI=1S/C15H32N2/c1-3-4-5-6-8-11-14-17(2)15-12-9-7-10-13-16/h11,14H,3-10,12-13,15-16H2,1-2H3/b14-11-. The smallest absolute Gasteiger partial charge is 0.0169 e. The maximum atomic E-state index is 5.46. The van der Waals surface area contributed by atoms with Crippen LogP contribution in [0.4, 0.5) is 0 Å². The summed E-state index contributed by atoms with van der Waals surface area (Å²) in [5.74, 6) is 0. The van der Waals surface area contributed by atoms with Gasteiger partial charge in [-0.1, -0.05) is 45.1 Å². The highest BCUT2D eigenvalue weighted by Gasteiger charge is 1.92. The van der Waals surface area contributed by atoms with Crippen LogP contribution >= 0.6 is 0 Å². The Labute approximate surface area is 108 Å². The molecule has 2 N–H and O–H groups in total. The summed E-state index contributed by atoms with van der Waals surface area (Å²) in [4.78, 5) is 2.31. The lowest BCUT2D eigenvalue weighted by atomic mass is 10.1. The summed E-state index contributed by atoms with van der Waals surface area (Å²) >= 11 is 0. The molecule has 0 aliphatic heterocycles. The second-order valence-corrected chi connectivity index (χ2v) is 4.92. The zero-order valence-electron chi connectivity index (χ0n) is 12.0. The minimum Gasteiger partial charge on any atom is -0.381 e. The predicted octanol–water partition coefficient (Wildman–Crippen LogP) is 3.92. The fraction of sp³-hybridized carbons (Fsp3) is 0.867. The number of rotatable bonds is 12. The van der Waals surface area contributed by atoms with Gasteiger partial charge in [0, 0.05) is 13.6 Å². The van der Waals surface area contributed by atoms with E-state index in [1.54, 1.807) is 0 Å². The summed E-state index contributed by atoms with van der Waals surface area (Å²) in [6, 6.07) is 0. The van der Waals surface area contributed by atoms with Crippen LogP contribution in [-0.2, 0) is 0 Å². The molecule has 102 valence electrons. The Morgan fingerprint density at radius 1 is 0.941 bits per heavy atom. The summed E-state index contributed by atoms with van der Waals surface area (Å²) in [5.41, 5.74) is 5.46. The Hall–Kier alpha value is -0.500. The molecule has 0 aromatic carbocycles. The van der Waals surface area contributed by atoms with Crippen LogP contribution in [0.3, 0.4) is 0 Å². The maximum absolute atomic E-state index is 5.46. The lowest BCUT2D eigenvalue weighted by molar-refractivity contribution is 0.429. The average molecular weight is 240 g/mol. The fourth-order valence-corrected chi connectivity index (χ4v) is 1.88. The van der Waals surface area contributed by atoms with Gasteiger partial charge in [0.25, 0.3) is 0 Å². The summed E-state index contributed by atoms with van der Waals surface area (Å²) in [7, 11) is 2.17. The molecule has 0 aliphatic carbocycles. The van der Waals surface area contributed by atoms with Crippen LogP contribution in [0, 0.1) is 0 Å². The van der Waals surface area contributed by atoms with Crippen molar-refractivity contribution in [1.82, 2.24) is 4.90 Å². The Balaban J connectivity index is 3.26. The van der Waals surface area contributed by atoms with E-state index in [1.165, 1.54) is 64.3 Å². The number of unbranched alkanes of at least 4 members (excludes halogenated alkanes) is 7. The van der Waals surface area contributed by atoms with Crippen LogP contribution < -0.4 is 5.73 Å². The van der Waals surface area contributed by atoms with Crippen molar-refractivity contribution in [3.63, 3.8) is 0 Å². The molecule has 0 spiro atoms. The largest absolute Gasteiger partial charge is 0.381 e. The highest BCUT2D eigenvalue weighted by atomic mass is 15.1. The normalized spacial score (nSPS) is 11.2. The quantitative estimate of drug-likeness (QED) is 0.524. The van der Waals surface area contributed by atoms with Crippen molar-refractivity contribution in [1.29, 1.82) is 0 Å². The third kappa shape index (κ3) is 13.4. The van der Waals surface area contributed by atoms with Gasteiger partial charge in [-0.3, -0.25) is 0 Å². The van der Waals surface area contributed by atoms with Gasteiger partial charge in [-0.05, 0) is 38.4 Å². The van der Waals surface area contributed by atoms with Crippen molar-refractivity contribution < 1.29 is 0 Å². The van der Waals surface area contributed by atoms with Gasteiger partial charge in [-0.15, -0.1) is 0 Å². The van der Waals surface area contributed by atoms with Crippen molar-refractivity contribution in [2.45, 2.75) is 64.7 Å². The lowest BCUT2D eigenvalue weighted by Gasteiger charge is -2.13. The molecule has 0 fully saturated rings. The van der Waals surface area contributed by atoms with Gasteiger partial charge in [0.15, 0.2) is 0 Å². The number of hydrogen-bond acceptors (Lipinski definition) is 2. The highest BCUT2D eigenvalue weighted by molar-refractivity contribution is 4.80. The number of nitrogens with two attached hydrogens (primary N) is 1. The van der Waals surface area contributed by atoms with E-state index < -0.39 is 0 Å². The molecule has 2 heteroatoms. The van der Waals surface area contributed by atoms with Gasteiger partial charge in [0.2, 0.25) is 0 Å².